The van der Waals surface area contributed by atoms with E-state index >= 15 is 4.39 Å². The molecule has 12 heteroatoms. The van der Waals surface area contributed by atoms with Crippen LogP contribution in [0.2, 0.25) is 0 Å². The minimum atomic E-state index is -0.555. The zero-order valence-electron chi connectivity index (χ0n) is 19.4. The largest absolute Gasteiger partial charge is 0.444 e. The molecule has 0 bridgehead atoms. The van der Waals surface area contributed by atoms with Gasteiger partial charge in [0, 0.05) is 31.6 Å². The molecule has 1 aromatic carbocycles. The Kier molecular flexibility index (Phi) is 7.93. The Bertz CT molecular complexity index is 1050. The molecule has 3 heterocycles. The van der Waals surface area contributed by atoms with Crippen LogP contribution in [0.15, 0.2) is 35.2 Å². The number of amides is 2. The number of ketones is 1. The van der Waals surface area contributed by atoms with Crippen LogP contribution in [-0.4, -0.2) is 73.4 Å². The number of ether oxygens (including phenoxy) is 1. The van der Waals surface area contributed by atoms with E-state index in [0.29, 0.717) is 43.9 Å². The Morgan fingerprint density at radius 1 is 1.26 bits per heavy atom. The summed E-state index contributed by atoms with van der Waals surface area (Å²) in [6.07, 6.45) is 2.88. The van der Waals surface area contributed by atoms with Gasteiger partial charge < -0.3 is 24.3 Å². The summed E-state index contributed by atoms with van der Waals surface area (Å²) in [6, 6.07) is 4.57. The van der Waals surface area contributed by atoms with Gasteiger partial charge in [-0.1, -0.05) is 5.16 Å². The first-order valence-corrected chi connectivity index (χ1v) is 11.4. The quantitative estimate of drug-likeness (QED) is 0.563. The Balaban J connectivity index is 1.31. The summed E-state index contributed by atoms with van der Waals surface area (Å²) in [6.45, 7) is 3.54. The molecule has 11 nitrogen and oxygen atoms in total. The van der Waals surface area contributed by atoms with E-state index in [0.717, 1.165) is 5.56 Å². The SMILES string of the molecule is CC(=O)CC[C@H]1CN(c2ccc(N3CCON(C(=O)CNCc4cnoc4)CC3)c(F)c2)C(=O)O1. The van der Waals surface area contributed by atoms with Crippen molar-refractivity contribution in [1.82, 2.24) is 15.5 Å². The number of nitrogens with one attached hydrogen (secondary N) is 1. The standard InChI is InChI=1S/C23H28FN5O6/c1-16(30)2-4-19-14-28(23(32)35-19)18-3-5-21(20(24)10-18)27-6-7-29(34-9-8-27)22(31)13-25-11-17-12-26-33-15-17/h3,5,10,12,15,19,25H,2,4,6-9,11,13-14H2,1H3/t19-/m0/s1. The Labute approximate surface area is 201 Å². The molecular weight excluding hydrogens is 461 g/mol. The molecule has 4 rings (SSSR count). The average molecular weight is 490 g/mol. The lowest BCUT2D eigenvalue weighted by Crippen LogP contribution is -2.39. The number of rotatable bonds is 9. The summed E-state index contributed by atoms with van der Waals surface area (Å²) in [5, 5.41) is 7.90. The van der Waals surface area contributed by atoms with E-state index in [9.17, 15) is 14.4 Å². The summed E-state index contributed by atoms with van der Waals surface area (Å²) in [4.78, 5) is 44.6. The van der Waals surface area contributed by atoms with Crippen LogP contribution in [0.3, 0.4) is 0 Å². The average Bonchev–Trinajstić information content (AvgIpc) is 3.40. The van der Waals surface area contributed by atoms with E-state index in [1.807, 2.05) is 0 Å². The number of carbonyl (C=O) groups excluding carboxylic acids is 3. The highest BCUT2D eigenvalue weighted by atomic mass is 19.1. The molecule has 1 aromatic heterocycles. The first kappa shape index (κ1) is 24.6. The molecule has 2 saturated heterocycles. The molecule has 1 N–H and O–H groups in total. The van der Waals surface area contributed by atoms with Gasteiger partial charge in [-0.15, -0.1) is 0 Å². The molecule has 0 radical (unpaired) electrons. The van der Waals surface area contributed by atoms with Gasteiger partial charge in [-0.25, -0.2) is 14.2 Å². The third kappa shape index (κ3) is 6.34. The zero-order valence-corrected chi connectivity index (χ0v) is 19.4. The molecule has 2 aliphatic heterocycles. The second kappa shape index (κ2) is 11.3. The lowest BCUT2D eigenvalue weighted by molar-refractivity contribution is -0.180. The topological polar surface area (TPSA) is 117 Å². The van der Waals surface area contributed by atoms with Crippen LogP contribution in [0.25, 0.3) is 0 Å². The van der Waals surface area contributed by atoms with Crippen LogP contribution in [-0.2, 0) is 25.7 Å². The third-order valence-electron chi connectivity index (χ3n) is 5.82. The molecule has 1 atom stereocenters. The number of anilines is 2. The maximum atomic E-state index is 15.0. The highest BCUT2D eigenvalue weighted by molar-refractivity contribution is 5.90. The molecule has 35 heavy (non-hydrogen) atoms. The van der Waals surface area contributed by atoms with E-state index < -0.39 is 18.0 Å². The number of Topliss-reactive ketones (excluding diaryl/α,β-unsaturated/α-hetero) is 1. The van der Waals surface area contributed by atoms with Crippen molar-refractivity contribution in [2.75, 3.05) is 49.1 Å². The number of carbonyl (C=O) groups is 3. The molecule has 188 valence electrons. The summed E-state index contributed by atoms with van der Waals surface area (Å²) < 4.78 is 25.1. The lowest BCUT2D eigenvalue weighted by Gasteiger charge is -2.24. The van der Waals surface area contributed by atoms with E-state index in [1.165, 1.54) is 29.2 Å². The minimum Gasteiger partial charge on any atom is -0.444 e. The number of halogens is 1. The molecule has 0 aliphatic carbocycles. The lowest BCUT2D eigenvalue weighted by atomic mass is 10.1. The molecule has 2 aromatic rings. The van der Waals surface area contributed by atoms with Crippen LogP contribution in [0.5, 0.6) is 0 Å². The zero-order chi connectivity index (χ0) is 24.8. The van der Waals surface area contributed by atoms with Crippen molar-refractivity contribution in [1.29, 1.82) is 0 Å². The van der Waals surface area contributed by atoms with Gasteiger partial charge in [0.15, 0.2) is 0 Å². The number of aromatic nitrogens is 1. The van der Waals surface area contributed by atoms with Gasteiger partial charge in [0.25, 0.3) is 5.91 Å². The van der Waals surface area contributed by atoms with E-state index in [2.05, 4.69) is 10.5 Å². The van der Waals surface area contributed by atoms with E-state index in [4.69, 9.17) is 14.1 Å². The van der Waals surface area contributed by atoms with Crippen LogP contribution in [0.4, 0.5) is 20.6 Å². The maximum Gasteiger partial charge on any atom is 0.414 e. The summed E-state index contributed by atoms with van der Waals surface area (Å²) in [5.74, 6) is -0.691. The van der Waals surface area contributed by atoms with Gasteiger partial charge in [-0.3, -0.25) is 14.5 Å². The van der Waals surface area contributed by atoms with Gasteiger partial charge in [0.2, 0.25) is 0 Å². The fourth-order valence-corrected chi connectivity index (χ4v) is 3.97. The van der Waals surface area contributed by atoms with Crippen LogP contribution >= 0.6 is 0 Å². The summed E-state index contributed by atoms with van der Waals surface area (Å²) in [7, 11) is 0. The van der Waals surface area contributed by atoms with Crippen molar-refractivity contribution in [2.45, 2.75) is 32.4 Å². The number of benzene rings is 1. The second-order valence-corrected chi connectivity index (χ2v) is 8.45. The van der Waals surface area contributed by atoms with Crippen molar-refractivity contribution in [3.63, 3.8) is 0 Å². The van der Waals surface area contributed by atoms with Crippen LogP contribution in [0, 0.1) is 5.82 Å². The number of hydrogen-bond donors (Lipinski definition) is 1. The smallest absolute Gasteiger partial charge is 0.414 e. The predicted molar refractivity (Wildman–Crippen MR) is 122 cm³/mol. The first-order valence-electron chi connectivity index (χ1n) is 11.4. The molecule has 0 unspecified atom stereocenters. The van der Waals surface area contributed by atoms with E-state index in [1.54, 1.807) is 23.2 Å². The predicted octanol–water partition coefficient (Wildman–Crippen LogP) is 1.88. The maximum absolute atomic E-state index is 15.0. The van der Waals surface area contributed by atoms with Crippen molar-refractivity contribution in [2.24, 2.45) is 0 Å². The molecule has 2 fully saturated rings. The summed E-state index contributed by atoms with van der Waals surface area (Å²) in [5.41, 5.74) is 1.58. The minimum absolute atomic E-state index is 0.0275. The number of cyclic esters (lactones) is 1. The monoisotopic (exact) mass is 489 g/mol. The first-order chi connectivity index (χ1) is 16.9. The van der Waals surface area contributed by atoms with Crippen molar-refractivity contribution < 1.29 is 32.9 Å². The Morgan fingerprint density at radius 2 is 2.11 bits per heavy atom. The molecular formula is C23H28FN5O6. The number of hydrogen-bond acceptors (Lipinski definition) is 9. The number of nitrogens with zero attached hydrogens (tertiary/aromatic N) is 4. The highest BCUT2D eigenvalue weighted by Crippen LogP contribution is 2.29. The van der Waals surface area contributed by atoms with Gasteiger partial charge in [0.05, 0.1) is 43.8 Å². The fourth-order valence-electron chi connectivity index (χ4n) is 3.97. The fraction of sp³-hybridized carbons (Fsp3) is 0.478. The molecule has 0 saturated carbocycles. The molecule has 2 aliphatic rings. The number of hydroxylamine groups is 2. The third-order valence-corrected chi connectivity index (χ3v) is 5.82. The summed E-state index contributed by atoms with van der Waals surface area (Å²) >= 11 is 0. The normalized spacial score (nSPS) is 18.5. The Hall–Kier alpha value is -3.51. The molecule has 0 spiro atoms. The van der Waals surface area contributed by atoms with Crippen LogP contribution < -0.4 is 15.1 Å². The van der Waals surface area contributed by atoms with E-state index in [-0.39, 0.29) is 37.9 Å². The highest BCUT2D eigenvalue weighted by Gasteiger charge is 2.33. The second-order valence-electron chi connectivity index (χ2n) is 8.45. The van der Waals surface area contributed by atoms with Crippen molar-refractivity contribution in [3.05, 3.63) is 42.0 Å². The van der Waals surface area contributed by atoms with Crippen LogP contribution in [0.1, 0.15) is 25.3 Å². The molecule has 2 amide bonds. The Morgan fingerprint density at radius 3 is 2.86 bits per heavy atom. The van der Waals surface area contributed by atoms with Gasteiger partial charge in [0.1, 0.15) is 24.0 Å². The van der Waals surface area contributed by atoms with Crippen molar-refractivity contribution >= 4 is 29.2 Å². The van der Waals surface area contributed by atoms with Gasteiger partial charge in [-0.05, 0) is 31.5 Å². The van der Waals surface area contributed by atoms with Gasteiger partial charge in [-0.2, -0.15) is 0 Å². The van der Waals surface area contributed by atoms with Crippen molar-refractivity contribution in [3.8, 4) is 0 Å². The van der Waals surface area contributed by atoms with Gasteiger partial charge >= 0.3 is 6.09 Å².